The maximum atomic E-state index is 13.2. The molecule has 0 bridgehead atoms. The SMILES string of the molecule is COc1cc(Cl)c(C(F)(F)F)cc1NC(=O)NC1=CCC=C(Oc2ccnc3[nH]c(=O)[nH]c23)C=C1. The van der Waals surface area contributed by atoms with E-state index in [2.05, 4.69) is 25.6 Å². The summed E-state index contributed by atoms with van der Waals surface area (Å²) in [5.74, 6) is 0.767. The van der Waals surface area contributed by atoms with Crippen molar-refractivity contribution in [1.29, 1.82) is 0 Å². The molecule has 4 rings (SSSR count). The Morgan fingerprint density at radius 3 is 2.69 bits per heavy atom. The fourth-order valence-electron chi connectivity index (χ4n) is 3.23. The Morgan fingerprint density at radius 2 is 1.94 bits per heavy atom. The second-order valence-corrected chi connectivity index (χ2v) is 7.57. The average molecular weight is 508 g/mol. The van der Waals surface area contributed by atoms with E-state index in [1.165, 1.54) is 13.3 Å². The van der Waals surface area contributed by atoms with Gasteiger partial charge in [-0.3, -0.25) is 4.98 Å². The number of hydrogen-bond acceptors (Lipinski definition) is 5. The van der Waals surface area contributed by atoms with Gasteiger partial charge >= 0.3 is 17.9 Å². The van der Waals surface area contributed by atoms with Crippen LogP contribution in [-0.4, -0.2) is 28.1 Å². The number of fused-ring (bicyclic) bond motifs is 1. The maximum Gasteiger partial charge on any atom is 0.417 e. The number of rotatable bonds is 5. The molecule has 0 unspecified atom stereocenters. The Hall–Kier alpha value is -4.19. The van der Waals surface area contributed by atoms with Crippen molar-refractivity contribution < 1.29 is 27.4 Å². The quantitative estimate of drug-likeness (QED) is 0.393. The number of pyridine rings is 1. The third-order valence-electron chi connectivity index (χ3n) is 4.80. The number of H-pyrrole nitrogens is 2. The summed E-state index contributed by atoms with van der Waals surface area (Å²) >= 11 is 5.69. The van der Waals surface area contributed by atoms with Gasteiger partial charge < -0.3 is 25.1 Å². The monoisotopic (exact) mass is 507 g/mol. The molecule has 0 radical (unpaired) electrons. The first-order chi connectivity index (χ1) is 16.6. The number of anilines is 1. The molecule has 35 heavy (non-hydrogen) atoms. The van der Waals surface area contributed by atoms with E-state index in [1.54, 1.807) is 30.4 Å². The first-order valence-electron chi connectivity index (χ1n) is 10.00. The molecular formula is C22H17ClF3N5O4. The highest BCUT2D eigenvalue weighted by Gasteiger charge is 2.34. The van der Waals surface area contributed by atoms with Crippen LogP contribution >= 0.6 is 11.6 Å². The van der Waals surface area contributed by atoms with Gasteiger partial charge in [-0.05, 0) is 30.7 Å². The molecule has 9 nitrogen and oxygen atoms in total. The molecule has 4 N–H and O–H groups in total. The lowest BCUT2D eigenvalue weighted by Crippen LogP contribution is -2.28. The highest BCUT2D eigenvalue weighted by atomic mass is 35.5. The summed E-state index contributed by atoms with van der Waals surface area (Å²) in [4.78, 5) is 33.2. The number of aromatic amines is 2. The van der Waals surface area contributed by atoms with Crippen LogP contribution in [0.15, 0.2) is 65.0 Å². The summed E-state index contributed by atoms with van der Waals surface area (Å²) in [5, 5.41) is 4.34. The number of urea groups is 1. The van der Waals surface area contributed by atoms with Crippen LogP contribution in [0.4, 0.5) is 23.7 Å². The molecule has 0 saturated carbocycles. The Bertz CT molecular complexity index is 1440. The second-order valence-electron chi connectivity index (χ2n) is 7.16. The highest BCUT2D eigenvalue weighted by molar-refractivity contribution is 6.31. The normalized spacial score (nSPS) is 13.6. The van der Waals surface area contributed by atoms with Crippen LogP contribution in [0.2, 0.25) is 5.02 Å². The van der Waals surface area contributed by atoms with Gasteiger partial charge in [0.2, 0.25) is 0 Å². The highest BCUT2D eigenvalue weighted by Crippen LogP contribution is 2.40. The van der Waals surface area contributed by atoms with E-state index in [1.807, 2.05) is 0 Å². The number of hydrogen-bond donors (Lipinski definition) is 4. The zero-order chi connectivity index (χ0) is 25.2. The number of methoxy groups -OCH3 is 1. The molecule has 0 saturated heterocycles. The second kappa shape index (κ2) is 9.58. The van der Waals surface area contributed by atoms with E-state index in [0.717, 1.165) is 6.07 Å². The number of carbonyl (C=O) groups is 1. The van der Waals surface area contributed by atoms with Crippen molar-refractivity contribution in [2.75, 3.05) is 12.4 Å². The van der Waals surface area contributed by atoms with Gasteiger partial charge in [-0.15, -0.1) is 0 Å². The van der Waals surface area contributed by atoms with Crippen molar-refractivity contribution in [3.05, 3.63) is 81.2 Å². The first-order valence-corrected chi connectivity index (χ1v) is 10.4. The summed E-state index contributed by atoms with van der Waals surface area (Å²) in [6.07, 6.45) is 3.69. The van der Waals surface area contributed by atoms with E-state index in [-0.39, 0.29) is 11.4 Å². The number of aromatic nitrogens is 3. The van der Waals surface area contributed by atoms with Gasteiger partial charge in [-0.2, -0.15) is 13.2 Å². The zero-order valence-corrected chi connectivity index (χ0v) is 18.7. The van der Waals surface area contributed by atoms with Crippen LogP contribution in [0.1, 0.15) is 12.0 Å². The number of nitrogens with one attached hydrogen (secondary N) is 4. The van der Waals surface area contributed by atoms with E-state index in [9.17, 15) is 22.8 Å². The predicted molar refractivity (Wildman–Crippen MR) is 122 cm³/mol. The van der Waals surface area contributed by atoms with Crippen molar-refractivity contribution in [2.45, 2.75) is 12.6 Å². The Balaban J connectivity index is 1.45. The van der Waals surface area contributed by atoms with Crippen LogP contribution < -0.4 is 25.8 Å². The van der Waals surface area contributed by atoms with Crippen LogP contribution in [-0.2, 0) is 6.18 Å². The Morgan fingerprint density at radius 1 is 1.14 bits per heavy atom. The molecule has 2 amide bonds. The lowest BCUT2D eigenvalue weighted by atomic mass is 10.1. The number of benzene rings is 1. The van der Waals surface area contributed by atoms with Crippen LogP contribution in [0.25, 0.3) is 11.2 Å². The molecule has 3 aromatic rings. The number of halogens is 4. The number of nitrogens with zero attached hydrogens (tertiary/aromatic N) is 1. The molecule has 13 heteroatoms. The van der Waals surface area contributed by atoms with Crippen molar-refractivity contribution >= 4 is 34.5 Å². The fraction of sp³-hybridized carbons (Fsp3) is 0.136. The van der Waals surface area contributed by atoms with Crippen LogP contribution in [0, 0.1) is 0 Å². The Labute approximate surface area is 200 Å². The minimum Gasteiger partial charge on any atom is -0.495 e. The van der Waals surface area contributed by atoms with Crippen molar-refractivity contribution in [3.63, 3.8) is 0 Å². The molecule has 0 atom stereocenters. The minimum atomic E-state index is -4.71. The first kappa shape index (κ1) is 24.0. The predicted octanol–water partition coefficient (Wildman–Crippen LogP) is 4.86. The van der Waals surface area contributed by atoms with Gasteiger partial charge in [0.15, 0.2) is 11.4 Å². The van der Waals surface area contributed by atoms with Gasteiger partial charge in [0.05, 0.1) is 23.4 Å². The summed E-state index contributed by atoms with van der Waals surface area (Å²) in [6.45, 7) is 0. The number of ether oxygens (including phenoxy) is 2. The summed E-state index contributed by atoms with van der Waals surface area (Å²) < 4.78 is 50.4. The smallest absolute Gasteiger partial charge is 0.417 e. The molecule has 182 valence electrons. The maximum absolute atomic E-state index is 13.2. The van der Waals surface area contributed by atoms with E-state index in [4.69, 9.17) is 21.1 Å². The van der Waals surface area contributed by atoms with E-state index < -0.39 is 28.5 Å². The third-order valence-corrected chi connectivity index (χ3v) is 5.11. The third kappa shape index (κ3) is 5.49. The molecule has 2 heterocycles. The topological polar surface area (TPSA) is 121 Å². The fourth-order valence-corrected chi connectivity index (χ4v) is 3.49. The van der Waals surface area contributed by atoms with E-state index in [0.29, 0.717) is 40.9 Å². The minimum absolute atomic E-state index is 0.0349. The Kier molecular flexibility index (Phi) is 6.56. The summed E-state index contributed by atoms with van der Waals surface area (Å²) in [7, 11) is 1.24. The van der Waals surface area contributed by atoms with Gasteiger partial charge in [-0.25, -0.2) is 14.6 Å². The standard InChI is InChI=1S/C22H17ClF3N5O4/c1-34-17-10-14(23)13(22(24,25)26)9-15(17)29-20(32)28-11-3-2-4-12(6-5-11)35-16-7-8-27-19-18(16)30-21(33)31-19/h3-10H,2H2,1H3,(H2,28,29,32)(H2,27,30,31,33). The van der Waals surface area contributed by atoms with Gasteiger partial charge in [0, 0.05) is 24.0 Å². The van der Waals surface area contributed by atoms with Crippen LogP contribution in [0.5, 0.6) is 11.5 Å². The molecular weight excluding hydrogens is 491 g/mol. The lowest BCUT2D eigenvalue weighted by Gasteiger charge is -2.16. The molecule has 0 aliphatic heterocycles. The summed E-state index contributed by atoms with van der Waals surface area (Å²) in [6, 6.07) is 2.47. The molecule has 2 aromatic heterocycles. The van der Waals surface area contributed by atoms with Crippen molar-refractivity contribution in [1.82, 2.24) is 20.3 Å². The molecule has 1 aliphatic rings. The largest absolute Gasteiger partial charge is 0.495 e. The average Bonchev–Trinajstić information content (AvgIpc) is 3.04. The van der Waals surface area contributed by atoms with Crippen LogP contribution in [0.3, 0.4) is 0 Å². The molecule has 1 aromatic carbocycles. The zero-order valence-electron chi connectivity index (χ0n) is 17.9. The number of alkyl halides is 3. The number of carbonyl (C=O) groups excluding carboxylic acids is 1. The van der Waals surface area contributed by atoms with Crippen molar-refractivity contribution in [3.8, 4) is 11.5 Å². The molecule has 0 fully saturated rings. The molecule has 0 spiro atoms. The summed E-state index contributed by atoms with van der Waals surface area (Å²) in [5.41, 5.74) is -0.622. The van der Waals surface area contributed by atoms with Gasteiger partial charge in [0.1, 0.15) is 17.0 Å². The van der Waals surface area contributed by atoms with Gasteiger partial charge in [-0.1, -0.05) is 17.7 Å². The van der Waals surface area contributed by atoms with Gasteiger partial charge in [0.25, 0.3) is 0 Å². The van der Waals surface area contributed by atoms with Crippen molar-refractivity contribution in [2.24, 2.45) is 0 Å². The number of imidazole rings is 1. The lowest BCUT2D eigenvalue weighted by molar-refractivity contribution is -0.137. The number of allylic oxidation sites excluding steroid dienone is 4. The van der Waals surface area contributed by atoms with E-state index >= 15 is 0 Å². The molecule has 1 aliphatic carbocycles. The number of amides is 2.